The molecule has 1 aromatic carbocycles. The Kier molecular flexibility index (Phi) is 9.42. The number of hydrogen-bond donors (Lipinski definition) is 3. The lowest BCUT2D eigenvalue weighted by atomic mass is 9.64. The van der Waals surface area contributed by atoms with Gasteiger partial charge in [0.2, 0.25) is 5.91 Å². The maximum atomic E-state index is 14.1. The van der Waals surface area contributed by atoms with Gasteiger partial charge in [-0.1, -0.05) is 50.0 Å². The van der Waals surface area contributed by atoms with E-state index >= 15 is 0 Å². The van der Waals surface area contributed by atoms with Crippen LogP contribution in [0.3, 0.4) is 0 Å². The van der Waals surface area contributed by atoms with Crippen molar-refractivity contribution in [3.8, 4) is 0 Å². The summed E-state index contributed by atoms with van der Waals surface area (Å²) in [5.41, 5.74) is 8.56. The highest BCUT2D eigenvalue weighted by atomic mass is 16.3. The third-order valence-corrected chi connectivity index (χ3v) is 11.4. The Morgan fingerprint density at radius 3 is 2.44 bits per heavy atom. The molecule has 0 aromatic heterocycles. The van der Waals surface area contributed by atoms with Gasteiger partial charge in [-0.05, 0) is 114 Å². The Morgan fingerprint density at radius 2 is 1.73 bits per heavy atom. The standard InChI is InChI=1S/C35H52N2O4/c1-24-7-6-17-34(2)31(14-18-35(34,41)23-37-19-15-27(16-20-37)33(36)40)29-13-11-25(21-28(38)12-10-24)22-30(29)32(39)26-8-4-3-5-9-26/h7,11,13,22,26-28,31,38,41H,3-6,8-10,12,14-21,23H2,1-2H3,(H2,36,40)/t28-,31-,34-,35+/m0/s1. The molecule has 226 valence electrons. The average molecular weight is 565 g/mol. The van der Waals surface area contributed by atoms with Crippen molar-refractivity contribution in [2.24, 2.45) is 23.0 Å². The second kappa shape index (κ2) is 12.7. The molecule has 5 aliphatic rings. The summed E-state index contributed by atoms with van der Waals surface area (Å²) in [6.45, 7) is 6.56. The summed E-state index contributed by atoms with van der Waals surface area (Å²) in [4.78, 5) is 28.2. The molecule has 6 heteroatoms. The maximum Gasteiger partial charge on any atom is 0.220 e. The number of piperidine rings is 1. The second-order valence-electron chi connectivity index (χ2n) is 14.1. The molecule has 6 rings (SSSR count). The SMILES string of the molecule is CC1=CCC[C@@]2(C)[C@@H](CC[C@@]2(O)CN2CCC(C(N)=O)CC2)c2ccc(cc2C(=O)C2CCCCC2)C[C@@H](O)CC1. The first-order chi connectivity index (χ1) is 19.6. The van der Waals surface area contributed by atoms with E-state index in [0.29, 0.717) is 25.8 Å². The predicted octanol–water partition coefficient (Wildman–Crippen LogP) is 5.69. The van der Waals surface area contributed by atoms with Crippen LogP contribution in [-0.4, -0.2) is 58.1 Å². The van der Waals surface area contributed by atoms with Crippen LogP contribution >= 0.6 is 0 Å². The topological polar surface area (TPSA) is 104 Å². The highest BCUT2D eigenvalue weighted by Crippen LogP contribution is 2.59. The summed E-state index contributed by atoms with van der Waals surface area (Å²) in [5, 5.41) is 23.4. The molecule has 4 aliphatic carbocycles. The summed E-state index contributed by atoms with van der Waals surface area (Å²) in [5.74, 6) is 0.139. The second-order valence-corrected chi connectivity index (χ2v) is 14.1. The van der Waals surface area contributed by atoms with E-state index in [2.05, 4.69) is 43.0 Å². The highest BCUT2D eigenvalue weighted by Gasteiger charge is 2.57. The maximum absolute atomic E-state index is 14.1. The van der Waals surface area contributed by atoms with Crippen LogP contribution in [0.25, 0.3) is 0 Å². The van der Waals surface area contributed by atoms with Crippen molar-refractivity contribution < 1.29 is 19.8 Å². The number of β-amino-alcohol motifs (C(OH)–C–C–N with tert-alkyl or cyclic N) is 1. The number of nitrogens with two attached hydrogens (primary N) is 1. The zero-order valence-corrected chi connectivity index (χ0v) is 25.4. The van der Waals surface area contributed by atoms with Crippen molar-refractivity contribution in [2.75, 3.05) is 19.6 Å². The Balaban J connectivity index is 1.51. The van der Waals surface area contributed by atoms with Crippen molar-refractivity contribution >= 4 is 11.7 Å². The third kappa shape index (κ3) is 6.50. The Labute approximate surface area is 246 Å². The van der Waals surface area contributed by atoms with Crippen LogP contribution in [-0.2, 0) is 11.2 Å². The number of Topliss-reactive ketones (excluding diaryl/α,β-unsaturated/α-hetero) is 1. The zero-order valence-electron chi connectivity index (χ0n) is 25.4. The number of benzene rings is 1. The molecule has 1 aliphatic heterocycles. The first-order valence-electron chi connectivity index (χ1n) is 16.3. The van der Waals surface area contributed by atoms with Crippen molar-refractivity contribution in [3.05, 3.63) is 46.5 Å². The van der Waals surface area contributed by atoms with Gasteiger partial charge in [0.15, 0.2) is 5.78 Å². The zero-order chi connectivity index (χ0) is 29.2. The van der Waals surface area contributed by atoms with E-state index in [4.69, 9.17) is 5.73 Å². The Bertz CT molecular complexity index is 1130. The number of aliphatic hydroxyl groups excluding tert-OH is 1. The fourth-order valence-corrected chi connectivity index (χ4v) is 8.54. The van der Waals surface area contributed by atoms with Gasteiger partial charge < -0.3 is 20.8 Å². The number of carbonyl (C=O) groups is 2. The molecule has 1 heterocycles. The summed E-state index contributed by atoms with van der Waals surface area (Å²) in [7, 11) is 0. The number of aliphatic hydroxyl groups is 2. The van der Waals surface area contributed by atoms with Crippen LogP contribution in [0.2, 0.25) is 0 Å². The van der Waals surface area contributed by atoms with E-state index in [1.54, 1.807) is 0 Å². The Morgan fingerprint density at radius 1 is 1.00 bits per heavy atom. The molecule has 4 N–H and O–H groups in total. The monoisotopic (exact) mass is 564 g/mol. The van der Waals surface area contributed by atoms with E-state index in [9.17, 15) is 19.8 Å². The molecule has 41 heavy (non-hydrogen) atoms. The number of nitrogens with zero attached hydrogens (tertiary/aromatic N) is 1. The number of amides is 1. The molecule has 2 saturated carbocycles. The van der Waals surface area contributed by atoms with E-state index in [1.807, 2.05) is 0 Å². The van der Waals surface area contributed by atoms with Gasteiger partial charge in [-0.25, -0.2) is 0 Å². The average Bonchev–Trinajstić information content (AvgIpc) is 3.21. The van der Waals surface area contributed by atoms with Crippen molar-refractivity contribution in [1.82, 2.24) is 4.90 Å². The molecule has 3 fully saturated rings. The molecule has 1 aromatic rings. The van der Waals surface area contributed by atoms with Gasteiger partial charge >= 0.3 is 0 Å². The smallest absolute Gasteiger partial charge is 0.220 e. The lowest BCUT2D eigenvalue weighted by Gasteiger charge is -2.47. The van der Waals surface area contributed by atoms with Crippen LogP contribution in [0.1, 0.15) is 125 Å². The number of ketones is 1. The number of allylic oxidation sites excluding steroid dienone is 2. The molecule has 6 nitrogen and oxygen atoms in total. The van der Waals surface area contributed by atoms with Gasteiger partial charge in [0, 0.05) is 29.4 Å². The first kappa shape index (κ1) is 30.4. The largest absolute Gasteiger partial charge is 0.393 e. The predicted molar refractivity (Wildman–Crippen MR) is 163 cm³/mol. The molecule has 0 unspecified atom stereocenters. The lowest BCUT2D eigenvalue weighted by Crippen LogP contribution is -2.54. The third-order valence-electron chi connectivity index (χ3n) is 11.4. The highest BCUT2D eigenvalue weighted by molar-refractivity contribution is 5.99. The van der Waals surface area contributed by atoms with E-state index < -0.39 is 17.1 Å². The molecule has 4 atom stereocenters. The summed E-state index contributed by atoms with van der Waals surface area (Å²) >= 11 is 0. The van der Waals surface area contributed by atoms with Crippen LogP contribution < -0.4 is 5.73 Å². The number of hydrogen-bond acceptors (Lipinski definition) is 5. The van der Waals surface area contributed by atoms with Gasteiger partial charge in [-0.3, -0.25) is 9.59 Å². The van der Waals surface area contributed by atoms with Gasteiger partial charge in [-0.15, -0.1) is 0 Å². The van der Waals surface area contributed by atoms with Gasteiger partial charge in [0.25, 0.3) is 0 Å². The number of rotatable bonds is 5. The van der Waals surface area contributed by atoms with Crippen molar-refractivity contribution in [1.29, 1.82) is 0 Å². The summed E-state index contributed by atoms with van der Waals surface area (Å²) in [6, 6.07) is 6.38. The molecule has 1 amide bonds. The van der Waals surface area contributed by atoms with Crippen molar-refractivity contribution in [2.45, 2.75) is 121 Å². The molecule has 1 saturated heterocycles. The molecule has 0 radical (unpaired) electrons. The summed E-state index contributed by atoms with van der Waals surface area (Å²) < 4.78 is 0. The fourth-order valence-electron chi connectivity index (χ4n) is 8.54. The van der Waals surface area contributed by atoms with Gasteiger partial charge in [0.05, 0.1) is 11.7 Å². The van der Waals surface area contributed by atoms with Crippen LogP contribution in [0.5, 0.6) is 0 Å². The van der Waals surface area contributed by atoms with Crippen LogP contribution in [0.4, 0.5) is 0 Å². The number of fused-ring (bicyclic) bond motifs is 8. The Hall–Kier alpha value is -2.02. The normalized spacial score (nSPS) is 32.7. The lowest BCUT2D eigenvalue weighted by molar-refractivity contribution is -0.124. The van der Waals surface area contributed by atoms with E-state index in [0.717, 1.165) is 94.0 Å². The number of carbonyl (C=O) groups excluding carboxylic acids is 2. The summed E-state index contributed by atoms with van der Waals surface area (Å²) in [6.07, 6.45) is 14.1. The van der Waals surface area contributed by atoms with Gasteiger partial charge in [-0.2, -0.15) is 0 Å². The molecule has 0 spiro atoms. The number of primary amides is 1. The van der Waals surface area contributed by atoms with E-state index in [-0.39, 0.29) is 29.4 Å². The fraction of sp³-hybridized carbons (Fsp3) is 0.714. The van der Waals surface area contributed by atoms with Crippen molar-refractivity contribution in [3.63, 3.8) is 0 Å². The minimum absolute atomic E-state index is 0.0688. The van der Waals surface area contributed by atoms with Gasteiger partial charge in [0.1, 0.15) is 0 Å². The quantitative estimate of drug-likeness (QED) is 0.315. The van der Waals surface area contributed by atoms with Crippen LogP contribution in [0, 0.1) is 17.3 Å². The molecule has 2 bridgehead atoms. The van der Waals surface area contributed by atoms with Crippen LogP contribution in [0.15, 0.2) is 29.8 Å². The number of likely N-dealkylation sites (tertiary alicyclic amines) is 1. The minimum Gasteiger partial charge on any atom is -0.393 e. The molecular weight excluding hydrogens is 512 g/mol. The minimum atomic E-state index is -0.893. The first-order valence-corrected chi connectivity index (χ1v) is 16.3. The van der Waals surface area contributed by atoms with E-state index in [1.165, 1.54) is 12.0 Å². The molecular formula is C35H52N2O4.